The number of nitrogens with zero attached hydrogens (tertiary/aromatic N) is 4. The van der Waals surface area contributed by atoms with Crippen molar-refractivity contribution in [2.45, 2.75) is 0 Å². The molecule has 0 radical (unpaired) electrons. The monoisotopic (exact) mass is 420 g/mol. The molecule has 0 fully saturated rings. The van der Waals surface area contributed by atoms with Gasteiger partial charge in [0.25, 0.3) is 0 Å². The Morgan fingerprint density at radius 3 is 1.56 bits per heavy atom. The van der Waals surface area contributed by atoms with Crippen molar-refractivity contribution in [2.75, 3.05) is 22.9 Å². The topological polar surface area (TPSA) is 13.0 Å². The first kappa shape index (κ1) is 17.6. The molecule has 0 spiro atoms. The molecule has 0 N–H and O–H groups in total. The van der Waals surface area contributed by atoms with Crippen molar-refractivity contribution in [2.24, 2.45) is 0 Å². The van der Waals surface area contributed by atoms with Crippen LogP contribution in [0.25, 0.3) is 0 Å². The zero-order chi connectivity index (χ0) is 16.2. The Kier molecular flexibility index (Phi) is 5.80. The van der Waals surface area contributed by atoms with Gasteiger partial charge in [0.2, 0.25) is 0 Å². The van der Waals surface area contributed by atoms with Gasteiger partial charge in [-0.3, -0.25) is 0 Å². The summed E-state index contributed by atoms with van der Waals surface area (Å²) in [4.78, 5) is 8.52. The van der Waals surface area contributed by atoms with Crippen LogP contribution in [0, 0.1) is 25.5 Å². The first-order valence-corrected chi connectivity index (χ1v) is 7.97. The number of para-hydroxylation sites is 2. The Balaban J connectivity index is 0.00000182. The van der Waals surface area contributed by atoms with Crippen molar-refractivity contribution >= 4 is 11.4 Å². The van der Waals surface area contributed by atoms with E-state index in [4.69, 9.17) is 0 Å². The molecule has 4 nitrogen and oxygen atoms in total. The molecule has 2 aromatic carbocycles. The quantitative estimate of drug-likeness (QED) is 0.543. The molecule has 132 valence electrons. The van der Waals surface area contributed by atoms with Gasteiger partial charge in [0.05, 0.1) is 0 Å². The molecule has 2 heterocycles. The molecule has 25 heavy (non-hydrogen) atoms. The van der Waals surface area contributed by atoms with E-state index in [1.165, 1.54) is 0 Å². The van der Waals surface area contributed by atoms with Crippen LogP contribution in [0.1, 0.15) is 0 Å². The molecule has 4 rings (SSSR count). The molecule has 0 amide bonds. The van der Waals surface area contributed by atoms with E-state index < -0.39 is 0 Å². The molecule has 0 aliphatic carbocycles. The zero-order valence-corrected chi connectivity index (χ0v) is 15.2. The minimum absolute atomic E-state index is 0. The first-order chi connectivity index (χ1) is 11.9. The van der Waals surface area contributed by atoms with Crippen LogP contribution in [0.5, 0.6) is 0 Å². The summed E-state index contributed by atoms with van der Waals surface area (Å²) < 4.78 is 0. The van der Waals surface area contributed by atoms with Gasteiger partial charge in [-0.2, -0.15) is 74.0 Å². The number of rotatable bonds is 5. The van der Waals surface area contributed by atoms with Crippen LogP contribution in [0.3, 0.4) is 0 Å². The van der Waals surface area contributed by atoms with E-state index in [9.17, 15) is 0 Å². The van der Waals surface area contributed by atoms with Crippen molar-refractivity contribution < 1.29 is 20.4 Å². The van der Waals surface area contributed by atoms with Gasteiger partial charge in [-0.25, -0.2) is 0 Å². The second-order valence-electron chi connectivity index (χ2n) is 5.61. The minimum Gasteiger partial charge on any atom is -0.507 e. The number of anilines is 2. The average molecular weight is 421 g/mol. The molecule has 2 aromatic rings. The SMILES string of the molecule is [Pd].[c-]1ccccc1N1C=CN(CCN2C=CN(c3[c-]cccc3)[CH-]2)[CH-]1. The minimum atomic E-state index is 0. The van der Waals surface area contributed by atoms with Gasteiger partial charge < -0.3 is 19.6 Å². The third kappa shape index (κ3) is 4.25. The van der Waals surface area contributed by atoms with Gasteiger partial charge in [0, 0.05) is 33.5 Å². The second-order valence-corrected chi connectivity index (χ2v) is 5.61. The number of hydrogen-bond donors (Lipinski definition) is 0. The molecular weight excluding hydrogens is 403 g/mol. The van der Waals surface area contributed by atoms with Gasteiger partial charge in [-0.15, -0.1) is 11.4 Å². The van der Waals surface area contributed by atoms with Gasteiger partial charge in [-0.1, -0.05) is 0 Å². The molecule has 0 saturated heterocycles. The molecule has 0 bridgehead atoms. The van der Waals surface area contributed by atoms with E-state index in [0.29, 0.717) is 0 Å². The summed E-state index contributed by atoms with van der Waals surface area (Å²) in [7, 11) is 0. The van der Waals surface area contributed by atoms with Gasteiger partial charge in [0.1, 0.15) is 0 Å². The summed E-state index contributed by atoms with van der Waals surface area (Å²) in [6.45, 7) is 6.00. The standard InChI is InChI=1S/C20H18N4.Pd/c1-3-7-19(8-4-1)23-15-13-21(17-23)11-12-22-14-16-24(18-22)20-9-5-2-6-10-20;/h1-7,9,13-18H,11-12H2;/q-4;. The molecular formula is C20H18N4Pd-4. The van der Waals surface area contributed by atoms with Crippen LogP contribution in [0.2, 0.25) is 0 Å². The van der Waals surface area contributed by atoms with E-state index in [2.05, 4.69) is 82.0 Å². The van der Waals surface area contributed by atoms with E-state index in [1.54, 1.807) is 0 Å². The van der Waals surface area contributed by atoms with Crippen LogP contribution in [0.4, 0.5) is 11.4 Å². The normalized spacial score (nSPS) is 15.8. The predicted molar refractivity (Wildman–Crippen MR) is 95.8 cm³/mol. The summed E-state index contributed by atoms with van der Waals surface area (Å²) in [5.74, 6) is 0. The van der Waals surface area contributed by atoms with Gasteiger partial charge in [0.15, 0.2) is 0 Å². The Hall–Kier alpha value is -2.22. The van der Waals surface area contributed by atoms with Gasteiger partial charge in [-0.05, 0) is 24.8 Å². The third-order valence-corrected chi connectivity index (χ3v) is 3.94. The second kappa shape index (κ2) is 8.24. The van der Waals surface area contributed by atoms with Crippen molar-refractivity contribution in [1.29, 1.82) is 0 Å². The van der Waals surface area contributed by atoms with Crippen LogP contribution in [-0.4, -0.2) is 22.9 Å². The van der Waals surface area contributed by atoms with Crippen molar-refractivity contribution in [3.63, 3.8) is 0 Å². The summed E-state index contributed by atoms with van der Waals surface area (Å²) in [6.07, 6.45) is 8.29. The number of hydrogen-bond acceptors (Lipinski definition) is 4. The summed E-state index contributed by atoms with van der Waals surface area (Å²) >= 11 is 0. The van der Waals surface area contributed by atoms with Gasteiger partial charge >= 0.3 is 0 Å². The molecule has 0 unspecified atom stereocenters. The maximum absolute atomic E-state index is 3.23. The number of benzene rings is 2. The Morgan fingerprint density at radius 1 is 0.680 bits per heavy atom. The molecule has 0 saturated carbocycles. The van der Waals surface area contributed by atoms with Crippen LogP contribution in [0.15, 0.2) is 73.3 Å². The fourth-order valence-electron chi connectivity index (χ4n) is 2.66. The maximum atomic E-state index is 3.23. The molecule has 2 aliphatic rings. The summed E-state index contributed by atoms with van der Waals surface area (Å²) in [6, 6.07) is 22.4. The summed E-state index contributed by atoms with van der Waals surface area (Å²) in [5, 5.41) is 0. The average Bonchev–Trinajstić information content (AvgIpc) is 3.31. The molecule has 0 atom stereocenters. The predicted octanol–water partition coefficient (Wildman–Crippen LogP) is 3.41. The smallest absolute Gasteiger partial charge is 0.00494 e. The molecule has 5 heteroatoms. The zero-order valence-electron chi connectivity index (χ0n) is 13.6. The Morgan fingerprint density at radius 2 is 1.16 bits per heavy atom. The fraction of sp³-hybridized carbons (Fsp3) is 0.100. The largest absolute Gasteiger partial charge is 0.507 e. The van der Waals surface area contributed by atoms with E-state index in [1.807, 2.05) is 36.4 Å². The van der Waals surface area contributed by atoms with Crippen molar-refractivity contribution in [3.8, 4) is 0 Å². The summed E-state index contributed by atoms with van der Waals surface area (Å²) in [5.41, 5.74) is 2.10. The third-order valence-electron chi connectivity index (χ3n) is 3.94. The van der Waals surface area contributed by atoms with Crippen molar-refractivity contribution in [3.05, 3.63) is 98.8 Å². The molecule has 0 aromatic heterocycles. The van der Waals surface area contributed by atoms with E-state index in [0.717, 1.165) is 24.5 Å². The maximum Gasteiger partial charge on any atom is 0.00494 e. The van der Waals surface area contributed by atoms with Crippen molar-refractivity contribution in [1.82, 2.24) is 9.80 Å². The van der Waals surface area contributed by atoms with Crippen LogP contribution in [-0.2, 0) is 20.4 Å². The first-order valence-electron chi connectivity index (χ1n) is 7.97. The van der Waals surface area contributed by atoms with Crippen LogP contribution < -0.4 is 9.80 Å². The molecule has 2 aliphatic heterocycles. The Bertz CT molecular complexity index is 653. The van der Waals surface area contributed by atoms with Crippen LogP contribution >= 0.6 is 0 Å². The van der Waals surface area contributed by atoms with E-state index in [-0.39, 0.29) is 20.4 Å². The fourth-order valence-corrected chi connectivity index (χ4v) is 2.66. The van der Waals surface area contributed by atoms with E-state index >= 15 is 0 Å². The Labute approximate surface area is 163 Å².